The normalized spacial score (nSPS) is 27.2. The maximum atomic E-state index is 12.6. The van der Waals surface area contributed by atoms with Gasteiger partial charge in [0.2, 0.25) is 0 Å². The molecule has 5 heteroatoms. The summed E-state index contributed by atoms with van der Waals surface area (Å²) in [6.07, 6.45) is 3.30. The molecule has 22 heavy (non-hydrogen) atoms. The number of hydrogen-bond acceptors (Lipinski definition) is 3. The van der Waals surface area contributed by atoms with Gasteiger partial charge in [0.1, 0.15) is 0 Å². The summed E-state index contributed by atoms with van der Waals surface area (Å²) in [5, 5.41) is 11.6. The van der Waals surface area contributed by atoms with E-state index in [9.17, 15) is 4.79 Å². The van der Waals surface area contributed by atoms with Crippen LogP contribution in [-0.2, 0) is 6.42 Å². The number of piperidine rings is 1. The van der Waals surface area contributed by atoms with Gasteiger partial charge in [-0.2, -0.15) is 5.10 Å². The van der Waals surface area contributed by atoms with Crippen molar-refractivity contribution in [2.24, 2.45) is 5.92 Å². The molecule has 4 rings (SSSR count). The van der Waals surface area contributed by atoms with Crippen molar-refractivity contribution in [1.82, 2.24) is 20.4 Å². The SMILES string of the molecule is CCc1[nH]nc2ccc(C(=O)N[C@@H]3C[C@H]4CCN(C4)C3)cc12. The molecular formula is C17H22N4O. The van der Waals surface area contributed by atoms with Gasteiger partial charge in [-0.25, -0.2) is 0 Å². The lowest BCUT2D eigenvalue weighted by Crippen LogP contribution is -2.47. The molecule has 1 aromatic heterocycles. The van der Waals surface area contributed by atoms with Crippen LogP contribution in [0.3, 0.4) is 0 Å². The second-order valence-corrected chi connectivity index (χ2v) is 6.61. The van der Waals surface area contributed by atoms with Crippen molar-refractivity contribution in [3.05, 3.63) is 29.5 Å². The first-order valence-electron chi connectivity index (χ1n) is 8.23. The second-order valence-electron chi connectivity index (χ2n) is 6.61. The van der Waals surface area contributed by atoms with Gasteiger partial charge in [-0.05, 0) is 49.9 Å². The van der Waals surface area contributed by atoms with Crippen molar-refractivity contribution >= 4 is 16.8 Å². The quantitative estimate of drug-likeness (QED) is 0.910. The molecule has 3 heterocycles. The summed E-state index contributed by atoms with van der Waals surface area (Å²) >= 11 is 0. The molecule has 0 saturated carbocycles. The Morgan fingerprint density at radius 1 is 1.45 bits per heavy atom. The highest BCUT2D eigenvalue weighted by atomic mass is 16.1. The summed E-state index contributed by atoms with van der Waals surface area (Å²) in [5.74, 6) is 0.805. The second kappa shape index (κ2) is 5.39. The van der Waals surface area contributed by atoms with Gasteiger partial charge in [0.15, 0.2) is 0 Å². The van der Waals surface area contributed by atoms with E-state index in [1.807, 2.05) is 18.2 Å². The fourth-order valence-corrected chi connectivity index (χ4v) is 3.91. The molecule has 1 unspecified atom stereocenters. The van der Waals surface area contributed by atoms with Gasteiger partial charge in [-0.1, -0.05) is 6.92 Å². The number of aryl methyl sites for hydroxylation is 1. The summed E-state index contributed by atoms with van der Waals surface area (Å²) in [6.45, 7) is 5.49. The van der Waals surface area contributed by atoms with Crippen LogP contribution in [0.15, 0.2) is 18.2 Å². The van der Waals surface area contributed by atoms with Crippen LogP contribution in [-0.4, -0.2) is 46.7 Å². The smallest absolute Gasteiger partial charge is 0.251 e. The highest BCUT2D eigenvalue weighted by Crippen LogP contribution is 2.27. The van der Waals surface area contributed by atoms with Gasteiger partial charge in [-0.15, -0.1) is 0 Å². The third-order valence-electron chi connectivity index (χ3n) is 5.05. The van der Waals surface area contributed by atoms with E-state index in [-0.39, 0.29) is 5.91 Å². The standard InChI is InChI=1S/C17H22N4O/c1-2-15-14-8-12(3-4-16(14)20-19-15)17(22)18-13-7-11-5-6-21(9-11)10-13/h3-4,8,11,13H,2,5-7,9-10H2,1H3,(H,18,22)(H,19,20)/t11-,13-/m1/s1. The molecule has 1 amide bonds. The zero-order valence-corrected chi connectivity index (χ0v) is 12.9. The molecular weight excluding hydrogens is 276 g/mol. The molecule has 2 saturated heterocycles. The van der Waals surface area contributed by atoms with E-state index in [4.69, 9.17) is 0 Å². The van der Waals surface area contributed by atoms with E-state index >= 15 is 0 Å². The van der Waals surface area contributed by atoms with E-state index in [2.05, 4.69) is 27.3 Å². The van der Waals surface area contributed by atoms with Gasteiger partial charge in [0.25, 0.3) is 5.91 Å². The van der Waals surface area contributed by atoms with E-state index in [1.54, 1.807) is 0 Å². The van der Waals surface area contributed by atoms with Crippen molar-refractivity contribution in [2.75, 3.05) is 19.6 Å². The van der Waals surface area contributed by atoms with Gasteiger partial charge in [-0.3, -0.25) is 9.89 Å². The average molecular weight is 298 g/mol. The number of aromatic amines is 1. The Morgan fingerprint density at radius 2 is 2.36 bits per heavy atom. The van der Waals surface area contributed by atoms with Crippen LogP contribution in [0.4, 0.5) is 0 Å². The van der Waals surface area contributed by atoms with Gasteiger partial charge >= 0.3 is 0 Å². The van der Waals surface area contributed by atoms with Crippen molar-refractivity contribution < 1.29 is 4.79 Å². The Balaban J connectivity index is 1.52. The number of nitrogens with zero attached hydrogens (tertiary/aromatic N) is 2. The van der Waals surface area contributed by atoms with Crippen molar-refractivity contribution in [2.45, 2.75) is 32.2 Å². The molecule has 2 N–H and O–H groups in total. The van der Waals surface area contributed by atoms with Crippen LogP contribution in [0.1, 0.15) is 35.8 Å². The maximum absolute atomic E-state index is 12.6. The largest absolute Gasteiger partial charge is 0.348 e. The Hall–Kier alpha value is -1.88. The van der Waals surface area contributed by atoms with E-state index in [1.165, 1.54) is 19.5 Å². The number of rotatable bonds is 3. The Morgan fingerprint density at radius 3 is 3.18 bits per heavy atom. The molecule has 0 aliphatic carbocycles. The van der Waals surface area contributed by atoms with Crippen LogP contribution < -0.4 is 5.32 Å². The fraction of sp³-hybridized carbons (Fsp3) is 0.529. The Labute approximate surface area is 130 Å². The van der Waals surface area contributed by atoms with Crippen LogP contribution in [0, 0.1) is 5.92 Å². The molecule has 2 aliphatic rings. The highest BCUT2D eigenvalue weighted by molar-refractivity contribution is 5.98. The predicted molar refractivity (Wildman–Crippen MR) is 85.9 cm³/mol. The summed E-state index contributed by atoms with van der Waals surface area (Å²) in [6, 6.07) is 6.05. The summed E-state index contributed by atoms with van der Waals surface area (Å²) in [4.78, 5) is 15.0. The number of fused-ring (bicyclic) bond motifs is 3. The first-order chi connectivity index (χ1) is 10.7. The van der Waals surface area contributed by atoms with Crippen molar-refractivity contribution in [3.63, 3.8) is 0 Å². The number of hydrogen-bond donors (Lipinski definition) is 2. The Bertz CT molecular complexity index is 696. The molecule has 0 spiro atoms. The summed E-state index contributed by atoms with van der Waals surface area (Å²) in [5.41, 5.74) is 2.75. The lowest BCUT2D eigenvalue weighted by atomic mass is 9.96. The van der Waals surface area contributed by atoms with Crippen LogP contribution in [0.25, 0.3) is 10.9 Å². The number of nitrogens with one attached hydrogen (secondary N) is 2. The minimum absolute atomic E-state index is 0.0395. The molecule has 0 radical (unpaired) electrons. The number of benzene rings is 1. The monoisotopic (exact) mass is 298 g/mol. The zero-order valence-electron chi connectivity index (χ0n) is 12.9. The first-order valence-corrected chi connectivity index (χ1v) is 8.23. The summed E-state index contributed by atoms with van der Waals surface area (Å²) < 4.78 is 0. The third-order valence-corrected chi connectivity index (χ3v) is 5.05. The highest BCUT2D eigenvalue weighted by Gasteiger charge is 2.32. The Kier molecular flexibility index (Phi) is 3.37. The van der Waals surface area contributed by atoms with E-state index in [0.717, 1.165) is 47.5 Å². The minimum Gasteiger partial charge on any atom is -0.348 e. The number of carbonyl (C=O) groups excluding carboxylic acids is 1. The molecule has 116 valence electrons. The van der Waals surface area contributed by atoms with Crippen LogP contribution in [0.5, 0.6) is 0 Å². The molecule has 2 fully saturated rings. The zero-order chi connectivity index (χ0) is 15.1. The van der Waals surface area contributed by atoms with Crippen LogP contribution >= 0.6 is 0 Å². The van der Waals surface area contributed by atoms with E-state index < -0.39 is 0 Å². The number of carbonyl (C=O) groups is 1. The summed E-state index contributed by atoms with van der Waals surface area (Å²) in [7, 11) is 0. The van der Waals surface area contributed by atoms with Crippen molar-refractivity contribution in [1.29, 1.82) is 0 Å². The fourth-order valence-electron chi connectivity index (χ4n) is 3.91. The predicted octanol–water partition coefficient (Wildman–Crippen LogP) is 1.95. The average Bonchev–Trinajstić information content (AvgIpc) is 3.09. The molecule has 2 aliphatic heterocycles. The van der Waals surface area contributed by atoms with Crippen LogP contribution in [0.2, 0.25) is 0 Å². The van der Waals surface area contributed by atoms with Gasteiger partial charge in [0.05, 0.1) is 5.52 Å². The lowest BCUT2D eigenvalue weighted by molar-refractivity contribution is 0.0909. The molecule has 5 nitrogen and oxygen atoms in total. The molecule has 3 atom stereocenters. The number of amides is 1. The first kappa shape index (κ1) is 13.8. The molecule has 1 aromatic carbocycles. The van der Waals surface area contributed by atoms with Crippen molar-refractivity contribution in [3.8, 4) is 0 Å². The number of aromatic nitrogens is 2. The minimum atomic E-state index is 0.0395. The van der Waals surface area contributed by atoms with E-state index in [0.29, 0.717) is 6.04 Å². The topological polar surface area (TPSA) is 61.0 Å². The van der Waals surface area contributed by atoms with Gasteiger partial charge in [0, 0.05) is 35.8 Å². The molecule has 2 aromatic rings. The third kappa shape index (κ3) is 2.39. The lowest BCUT2D eigenvalue weighted by Gasteiger charge is -2.30. The van der Waals surface area contributed by atoms with Gasteiger partial charge < -0.3 is 10.2 Å². The maximum Gasteiger partial charge on any atom is 0.251 e. The molecule has 2 bridgehead atoms. The number of H-pyrrole nitrogens is 1.